The number of nitrogens with one attached hydrogen (secondary N) is 1. The van der Waals surface area contributed by atoms with Gasteiger partial charge in [-0.2, -0.15) is 0 Å². The summed E-state index contributed by atoms with van der Waals surface area (Å²) < 4.78 is 31.9. The molecule has 1 heterocycles. The van der Waals surface area contributed by atoms with Crippen molar-refractivity contribution >= 4 is 21.9 Å². The van der Waals surface area contributed by atoms with Crippen molar-refractivity contribution in [1.82, 2.24) is 9.62 Å². The van der Waals surface area contributed by atoms with E-state index in [0.717, 1.165) is 16.0 Å². The molecule has 1 atom stereocenters. The Kier molecular flexibility index (Phi) is 5.03. The summed E-state index contributed by atoms with van der Waals surface area (Å²) in [6.45, 7) is 1.65. The molecule has 0 saturated heterocycles. The Morgan fingerprint density at radius 1 is 1.35 bits per heavy atom. The molecule has 1 unspecified atom stereocenters. The smallest absolute Gasteiger partial charge is 0.326 e. The van der Waals surface area contributed by atoms with Crippen LogP contribution in [0.2, 0.25) is 0 Å². The van der Waals surface area contributed by atoms with Crippen molar-refractivity contribution in [1.29, 1.82) is 0 Å². The zero-order valence-electron chi connectivity index (χ0n) is 12.8. The van der Waals surface area contributed by atoms with E-state index in [1.54, 1.807) is 6.07 Å². The van der Waals surface area contributed by atoms with Gasteiger partial charge in [-0.1, -0.05) is 6.07 Å². The summed E-state index contributed by atoms with van der Waals surface area (Å²) in [5, 5.41) is 8.85. The lowest BCUT2D eigenvalue weighted by atomic mass is 10.1. The minimum absolute atomic E-state index is 0.0449. The molecular formula is C14H18N2O6S. The third kappa shape index (κ3) is 3.87. The molecule has 1 aromatic rings. The Morgan fingerprint density at radius 2 is 2.00 bits per heavy atom. The van der Waals surface area contributed by atoms with Crippen molar-refractivity contribution in [2.45, 2.75) is 31.1 Å². The second-order valence-corrected chi connectivity index (χ2v) is 7.03. The molecule has 0 bridgehead atoms. The van der Waals surface area contributed by atoms with Gasteiger partial charge in [0, 0.05) is 7.05 Å². The Balaban J connectivity index is 2.04. The van der Waals surface area contributed by atoms with Crippen LogP contribution in [-0.4, -0.2) is 49.9 Å². The van der Waals surface area contributed by atoms with E-state index in [1.165, 1.54) is 26.1 Å². The first-order chi connectivity index (χ1) is 10.7. The van der Waals surface area contributed by atoms with E-state index in [9.17, 15) is 18.0 Å². The highest BCUT2D eigenvalue weighted by Gasteiger charge is 2.24. The molecular weight excluding hydrogens is 324 g/mol. The number of aliphatic carboxylic acids is 1. The number of carbonyl (C=O) groups excluding carboxylic acids is 1. The van der Waals surface area contributed by atoms with E-state index in [0.29, 0.717) is 13.2 Å². The second-order valence-electron chi connectivity index (χ2n) is 5.27. The highest BCUT2D eigenvalue weighted by molar-refractivity contribution is 7.89. The number of fused-ring (bicyclic) bond motifs is 1. The number of sulfonamides is 1. The Labute approximate surface area is 134 Å². The van der Waals surface area contributed by atoms with Crippen molar-refractivity contribution in [3.63, 3.8) is 0 Å². The van der Waals surface area contributed by atoms with Crippen molar-refractivity contribution in [3.05, 3.63) is 29.3 Å². The number of likely N-dealkylation sites (N-methyl/N-ethyl adjacent to an activating group) is 1. The minimum atomic E-state index is -3.86. The fourth-order valence-corrected chi connectivity index (χ4v) is 3.09. The van der Waals surface area contributed by atoms with Crippen LogP contribution < -0.4 is 4.72 Å². The highest BCUT2D eigenvalue weighted by atomic mass is 32.2. The summed E-state index contributed by atoms with van der Waals surface area (Å²) in [7, 11) is -2.55. The average molecular weight is 342 g/mol. The summed E-state index contributed by atoms with van der Waals surface area (Å²) in [5.74, 6) is -1.80. The quantitative estimate of drug-likeness (QED) is 0.748. The summed E-state index contributed by atoms with van der Waals surface area (Å²) in [6, 6.07) is 3.60. The monoisotopic (exact) mass is 342 g/mol. The lowest BCUT2D eigenvalue weighted by molar-refractivity contribution is -0.147. The van der Waals surface area contributed by atoms with Gasteiger partial charge < -0.3 is 14.7 Å². The first-order valence-corrected chi connectivity index (χ1v) is 8.38. The molecule has 23 heavy (non-hydrogen) atoms. The molecule has 0 saturated carbocycles. The molecule has 0 aliphatic carbocycles. The third-order valence-corrected chi connectivity index (χ3v) is 5.15. The first kappa shape index (κ1) is 17.4. The fraction of sp³-hybridized carbons (Fsp3) is 0.429. The topological polar surface area (TPSA) is 113 Å². The van der Waals surface area contributed by atoms with E-state index >= 15 is 0 Å². The molecule has 0 radical (unpaired) electrons. The Morgan fingerprint density at radius 3 is 2.65 bits per heavy atom. The fourth-order valence-electron chi connectivity index (χ4n) is 2.06. The predicted octanol–water partition coefficient (Wildman–Crippen LogP) is -0.0734. The van der Waals surface area contributed by atoms with E-state index in [2.05, 4.69) is 4.72 Å². The number of benzene rings is 1. The third-order valence-electron chi connectivity index (χ3n) is 3.75. The molecule has 9 heteroatoms. The van der Waals surface area contributed by atoms with Crippen LogP contribution in [0.1, 0.15) is 18.1 Å². The average Bonchev–Trinajstić information content (AvgIpc) is 2.98. The number of ether oxygens (including phenoxy) is 1. The molecule has 1 aliphatic rings. The highest BCUT2D eigenvalue weighted by Crippen LogP contribution is 2.22. The van der Waals surface area contributed by atoms with Crippen molar-refractivity contribution in [3.8, 4) is 0 Å². The molecule has 1 aromatic carbocycles. The maximum Gasteiger partial charge on any atom is 0.326 e. The van der Waals surface area contributed by atoms with Gasteiger partial charge in [-0.05, 0) is 30.2 Å². The number of carboxylic acids is 1. The molecule has 0 spiro atoms. The van der Waals surface area contributed by atoms with Gasteiger partial charge in [-0.15, -0.1) is 0 Å². The molecule has 0 fully saturated rings. The number of carboxylic acid groups (broad SMARTS) is 1. The number of carbonyl (C=O) groups is 2. The van der Waals surface area contributed by atoms with Gasteiger partial charge in [0.1, 0.15) is 6.04 Å². The van der Waals surface area contributed by atoms with Gasteiger partial charge in [0.25, 0.3) is 0 Å². The van der Waals surface area contributed by atoms with Crippen LogP contribution in [-0.2, 0) is 37.6 Å². The van der Waals surface area contributed by atoms with Crippen LogP contribution in [0.3, 0.4) is 0 Å². The van der Waals surface area contributed by atoms with Crippen molar-refractivity contribution < 1.29 is 27.9 Å². The molecule has 2 N–H and O–H groups in total. The first-order valence-electron chi connectivity index (χ1n) is 6.90. The van der Waals surface area contributed by atoms with Crippen LogP contribution in [0.5, 0.6) is 0 Å². The predicted molar refractivity (Wildman–Crippen MR) is 80.0 cm³/mol. The molecule has 8 nitrogen and oxygen atoms in total. The van der Waals surface area contributed by atoms with Crippen LogP contribution in [0.25, 0.3) is 0 Å². The van der Waals surface area contributed by atoms with Crippen molar-refractivity contribution in [2.75, 3.05) is 13.6 Å². The number of rotatable bonds is 6. The normalized spacial score (nSPS) is 15.0. The largest absolute Gasteiger partial charge is 0.480 e. The zero-order valence-corrected chi connectivity index (χ0v) is 13.6. The van der Waals surface area contributed by atoms with E-state index in [-0.39, 0.29) is 4.90 Å². The van der Waals surface area contributed by atoms with E-state index in [1.807, 2.05) is 0 Å². The summed E-state index contributed by atoms with van der Waals surface area (Å²) in [4.78, 5) is 23.7. The summed E-state index contributed by atoms with van der Waals surface area (Å²) >= 11 is 0. The molecule has 2 rings (SSSR count). The van der Waals surface area contributed by atoms with E-state index < -0.39 is 34.5 Å². The Hall–Kier alpha value is -1.97. The second kappa shape index (κ2) is 6.65. The molecule has 1 aliphatic heterocycles. The SMILES string of the molecule is CC(C(=O)O)N(C)C(=O)CNS(=O)(=O)c1ccc2c(c1)COC2. The number of amides is 1. The van der Waals surface area contributed by atoms with Gasteiger partial charge in [-0.3, -0.25) is 4.79 Å². The molecule has 126 valence electrons. The lowest BCUT2D eigenvalue weighted by Gasteiger charge is -2.21. The molecule has 1 amide bonds. The number of nitrogens with zero attached hydrogens (tertiary/aromatic N) is 1. The van der Waals surface area contributed by atoms with Crippen LogP contribution in [0.4, 0.5) is 0 Å². The molecule has 0 aromatic heterocycles. The van der Waals surface area contributed by atoms with Gasteiger partial charge in [0.05, 0.1) is 24.7 Å². The van der Waals surface area contributed by atoms with Crippen LogP contribution >= 0.6 is 0 Å². The van der Waals surface area contributed by atoms with Gasteiger partial charge in [0.2, 0.25) is 15.9 Å². The van der Waals surface area contributed by atoms with Crippen LogP contribution in [0, 0.1) is 0 Å². The van der Waals surface area contributed by atoms with Crippen molar-refractivity contribution in [2.24, 2.45) is 0 Å². The van der Waals surface area contributed by atoms with E-state index in [4.69, 9.17) is 9.84 Å². The lowest BCUT2D eigenvalue weighted by Crippen LogP contribution is -2.45. The maximum absolute atomic E-state index is 12.2. The zero-order chi connectivity index (χ0) is 17.2. The number of hydrogen-bond donors (Lipinski definition) is 2. The van der Waals surface area contributed by atoms with Gasteiger partial charge in [0.15, 0.2) is 0 Å². The van der Waals surface area contributed by atoms with Crippen LogP contribution in [0.15, 0.2) is 23.1 Å². The maximum atomic E-state index is 12.2. The summed E-state index contributed by atoms with van der Waals surface area (Å²) in [6.07, 6.45) is 0. The summed E-state index contributed by atoms with van der Waals surface area (Å²) in [5.41, 5.74) is 1.74. The van der Waals surface area contributed by atoms with Gasteiger partial charge >= 0.3 is 5.97 Å². The minimum Gasteiger partial charge on any atom is -0.480 e. The Bertz CT molecular complexity index is 731. The number of hydrogen-bond acceptors (Lipinski definition) is 5. The van der Waals surface area contributed by atoms with Gasteiger partial charge in [-0.25, -0.2) is 17.9 Å². The standard InChI is InChI=1S/C14H18N2O6S/c1-9(14(18)19)16(2)13(17)6-15-23(20,21)12-4-3-10-7-22-8-11(10)5-12/h3-5,9,15H,6-8H2,1-2H3,(H,18,19).